The summed E-state index contributed by atoms with van der Waals surface area (Å²) in [5.41, 5.74) is 9.42. The van der Waals surface area contributed by atoms with E-state index in [1.807, 2.05) is 18.5 Å². The van der Waals surface area contributed by atoms with E-state index in [9.17, 15) is 0 Å². The Morgan fingerprint density at radius 2 is 2.00 bits per heavy atom. The first-order valence-electron chi connectivity index (χ1n) is 6.91. The molecule has 1 aromatic heterocycles. The van der Waals surface area contributed by atoms with Crippen LogP contribution in [-0.4, -0.2) is 42.8 Å². The van der Waals surface area contributed by atoms with Crippen LogP contribution in [0.3, 0.4) is 0 Å². The Kier molecular flexibility index (Phi) is 7.05. The molecule has 1 aromatic rings. The summed E-state index contributed by atoms with van der Waals surface area (Å²) in [4.78, 5) is 0. The molecule has 1 atom stereocenters. The highest BCUT2D eigenvalue weighted by atomic mass is 16.5. The summed E-state index contributed by atoms with van der Waals surface area (Å²) in [6.07, 6.45) is 1.82. The number of ether oxygens (including phenoxy) is 2. The lowest BCUT2D eigenvalue weighted by atomic mass is 10.1. The lowest BCUT2D eigenvalue weighted by Gasteiger charge is -2.08. The van der Waals surface area contributed by atoms with Crippen LogP contribution in [0.5, 0.6) is 0 Å². The fraction of sp³-hybridized carbons (Fsp3) is 0.786. The molecule has 5 heteroatoms. The minimum atomic E-state index is 0.167. The van der Waals surface area contributed by atoms with Crippen molar-refractivity contribution in [2.75, 3.05) is 26.9 Å². The van der Waals surface area contributed by atoms with Gasteiger partial charge in [0.2, 0.25) is 0 Å². The Labute approximate surface area is 116 Å². The molecule has 0 spiro atoms. The van der Waals surface area contributed by atoms with E-state index in [4.69, 9.17) is 15.2 Å². The first-order valence-corrected chi connectivity index (χ1v) is 6.91. The second-order valence-corrected chi connectivity index (χ2v) is 5.01. The molecular formula is C14H27N3O2. The van der Waals surface area contributed by atoms with Crippen molar-refractivity contribution < 1.29 is 9.47 Å². The van der Waals surface area contributed by atoms with Crippen molar-refractivity contribution in [1.29, 1.82) is 0 Å². The largest absolute Gasteiger partial charge is 0.385 e. The van der Waals surface area contributed by atoms with Crippen molar-refractivity contribution in [1.82, 2.24) is 9.78 Å². The summed E-state index contributed by atoms with van der Waals surface area (Å²) in [5.74, 6) is 0. The number of nitrogens with zero attached hydrogens (tertiary/aromatic N) is 2. The molecule has 1 rings (SSSR count). The summed E-state index contributed by atoms with van der Waals surface area (Å²) in [5, 5.41) is 4.55. The second-order valence-electron chi connectivity index (χ2n) is 5.01. The second kappa shape index (κ2) is 8.30. The Hall–Kier alpha value is -0.910. The topological polar surface area (TPSA) is 62.3 Å². The highest BCUT2D eigenvalue weighted by Gasteiger charge is 2.12. The molecule has 2 N–H and O–H groups in total. The lowest BCUT2D eigenvalue weighted by Crippen LogP contribution is -2.18. The van der Waals surface area contributed by atoms with Crippen LogP contribution in [0.1, 0.15) is 30.3 Å². The number of aryl methyl sites for hydroxylation is 1. The van der Waals surface area contributed by atoms with Crippen molar-refractivity contribution >= 4 is 0 Å². The quantitative estimate of drug-likeness (QED) is 0.689. The maximum atomic E-state index is 5.87. The van der Waals surface area contributed by atoms with Gasteiger partial charge in [0.1, 0.15) is 0 Å². The van der Waals surface area contributed by atoms with Crippen molar-refractivity contribution in [2.45, 2.75) is 46.2 Å². The van der Waals surface area contributed by atoms with Gasteiger partial charge >= 0.3 is 0 Å². The normalized spacial score (nSPS) is 12.9. The van der Waals surface area contributed by atoms with Crippen LogP contribution in [0.2, 0.25) is 0 Å². The lowest BCUT2D eigenvalue weighted by molar-refractivity contribution is 0.0958. The molecule has 0 aliphatic rings. The monoisotopic (exact) mass is 269 g/mol. The van der Waals surface area contributed by atoms with Gasteiger partial charge in [0.25, 0.3) is 0 Å². The fourth-order valence-electron chi connectivity index (χ4n) is 2.13. The van der Waals surface area contributed by atoms with E-state index in [-0.39, 0.29) is 6.04 Å². The predicted molar refractivity (Wildman–Crippen MR) is 76.4 cm³/mol. The van der Waals surface area contributed by atoms with Gasteiger partial charge in [-0.3, -0.25) is 4.68 Å². The molecule has 0 saturated heterocycles. The van der Waals surface area contributed by atoms with E-state index in [0.717, 1.165) is 38.3 Å². The zero-order valence-electron chi connectivity index (χ0n) is 12.6. The molecule has 19 heavy (non-hydrogen) atoms. The van der Waals surface area contributed by atoms with Crippen LogP contribution < -0.4 is 5.73 Å². The molecular weight excluding hydrogens is 242 g/mol. The maximum absolute atomic E-state index is 5.87. The highest BCUT2D eigenvalue weighted by molar-refractivity contribution is 5.25. The standard InChI is InChI=1S/C14H27N3O2/c1-11(15)10-14-12(2)16-17(13(14)3)6-9-19-8-5-7-18-4/h11H,5-10,15H2,1-4H3. The summed E-state index contributed by atoms with van der Waals surface area (Å²) in [7, 11) is 1.70. The van der Waals surface area contributed by atoms with Crippen LogP contribution in [0.25, 0.3) is 0 Å². The number of hydrogen-bond acceptors (Lipinski definition) is 4. The van der Waals surface area contributed by atoms with Crippen LogP contribution in [0.4, 0.5) is 0 Å². The number of hydrogen-bond donors (Lipinski definition) is 1. The molecule has 5 nitrogen and oxygen atoms in total. The molecule has 0 aliphatic heterocycles. The summed E-state index contributed by atoms with van der Waals surface area (Å²) >= 11 is 0. The molecule has 0 amide bonds. The van der Waals surface area contributed by atoms with Crippen molar-refractivity contribution in [2.24, 2.45) is 5.73 Å². The minimum absolute atomic E-state index is 0.167. The Morgan fingerprint density at radius 1 is 1.26 bits per heavy atom. The zero-order valence-corrected chi connectivity index (χ0v) is 12.6. The van der Waals surface area contributed by atoms with Crippen molar-refractivity contribution in [3.63, 3.8) is 0 Å². The third-order valence-electron chi connectivity index (χ3n) is 3.14. The third-order valence-corrected chi connectivity index (χ3v) is 3.14. The Bertz CT molecular complexity index is 375. The van der Waals surface area contributed by atoms with Gasteiger partial charge in [-0.05, 0) is 39.2 Å². The zero-order chi connectivity index (χ0) is 14.3. The SMILES string of the molecule is COCCCOCCn1nc(C)c(CC(C)N)c1C. The molecule has 0 aliphatic carbocycles. The van der Waals surface area contributed by atoms with Gasteiger partial charge in [-0.1, -0.05) is 0 Å². The average Bonchev–Trinajstić information content (AvgIpc) is 2.61. The number of methoxy groups -OCH3 is 1. The van der Waals surface area contributed by atoms with Crippen LogP contribution in [0.15, 0.2) is 0 Å². The highest BCUT2D eigenvalue weighted by Crippen LogP contribution is 2.14. The Balaban J connectivity index is 2.42. The van der Waals surface area contributed by atoms with Gasteiger partial charge in [-0.15, -0.1) is 0 Å². The van der Waals surface area contributed by atoms with Gasteiger partial charge in [0.05, 0.1) is 18.8 Å². The van der Waals surface area contributed by atoms with E-state index >= 15 is 0 Å². The first-order chi connectivity index (χ1) is 9.06. The van der Waals surface area contributed by atoms with Gasteiger partial charge in [-0.2, -0.15) is 5.10 Å². The maximum Gasteiger partial charge on any atom is 0.0662 e. The molecule has 110 valence electrons. The van der Waals surface area contributed by atoms with E-state index in [1.165, 1.54) is 11.3 Å². The average molecular weight is 269 g/mol. The van der Waals surface area contributed by atoms with Gasteiger partial charge in [0.15, 0.2) is 0 Å². The fourth-order valence-corrected chi connectivity index (χ4v) is 2.13. The van der Waals surface area contributed by atoms with E-state index < -0.39 is 0 Å². The predicted octanol–water partition coefficient (Wildman–Crippen LogP) is 1.44. The molecule has 0 aromatic carbocycles. The molecule has 0 radical (unpaired) electrons. The molecule has 1 unspecified atom stereocenters. The first kappa shape index (κ1) is 16.1. The van der Waals surface area contributed by atoms with E-state index in [2.05, 4.69) is 12.0 Å². The van der Waals surface area contributed by atoms with Crippen LogP contribution >= 0.6 is 0 Å². The number of nitrogens with two attached hydrogens (primary N) is 1. The molecule has 0 saturated carbocycles. The molecule has 0 fully saturated rings. The van der Waals surface area contributed by atoms with Crippen LogP contribution in [-0.2, 0) is 22.4 Å². The minimum Gasteiger partial charge on any atom is -0.385 e. The van der Waals surface area contributed by atoms with E-state index in [0.29, 0.717) is 6.61 Å². The summed E-state index contributed by atoms with van der Waals surface area (Å²) in [6, 6.07) is 0.167. The van der Waals surface area contributed by atoms with E-state index in [1.54, 1.807) is 7.11 Å². The third kappa shape index (κ3) is 5.30. The smallest absolute Gasteiger partial charge is 0.0662 e. The summed E-state index contributed by atoms with van der Waals surface area (Å²) in [6.45, 7) is 9.12. The van der Waals surface area contributed by atoms with Gasteiger partial charge in [-0.25, -0.2) is 0 Å². The van der Waals surface area contributed by atoms with Crippen molar-refractivity contribution in [3.05, 3.63) is 17.0 Å². The van der Waals surface area contributed by atoms with Gasteiger partial charge < -0.3 is 15.2 Å². The molecule has 0 bridgehead atoms. The Morgan fingerprint density at radius 3 is 2.63 bits per heavy atom. The van der Waals surface area contributed by atoms with Gasteiger partial charge in [0, 0.05) is 32.1 Å². The van der Waals surface area contributed by atoms with Crippen molar-refractivity contribution in [3.8, 4) is 0 Å². The summed E-state index contributed by atoms with van der Waals surface area (Å²) < 4.78 is 12.5. The number of aromatic nitrogens is 2. The van der Waals surface area contributed by atoms with Crippen LogP contribution in [0, 0.1) is 13.8 Å². The number of rotatable bonds is 9. The molecule has 1 heterocycles.